The van der Waals surface area contributed by atoms with Crippen LogP contribution in [0.1, 0.15) is 36.0 Å². The van der Waals surface area contributed by atoms with Crippen LogP contribution in [0.15, 0.2) is 57.9 Å². The number of hydrogen-bond donors (Lipinski definition) is 0. The standard InChI is InChI=1S/C19H15.2ClH.Zr/c1-13-15-9-4-5-10-17(15)18-12-6-11-16(19(13)18)14-7-2-3-8-14;;;/h2,4-7,9-13H,3H2,1H3;2*1H;/q;;;+2/p-2. The maximum atomic E-state index is 2.34. The van der Waals surface area contributed by atoms with Crippen molar-refractivity contribution >= 4 is 5.57 Å². The summed E-state index contributed by atoms with van der Waals surface area (Å²) in [4.78, 5) is 0. The monoisotopic (exact) mass is 403 g/mol. The van der Waals surface area contributed by atoms with Gasteiger partial charge in [0.05, 0.1) is 0 Å². The molecule has 4 rings (SSSR count). The van der Waals surface area contributed by atoms with E-state index in [1.165, 1.54) is 33.4 Å². The Hall–Kier alpha value is -0.617. The first-order chi connectivity index (χ1) is 9.77. The number of fused-ring (bicyclic) bond motifs is 3. The zero-order valence-corrected chi connectivity index (χ0v) is 16.2. The van der Waals surface area contributed by atoms with E-state index in [4.69, 9.17) is 0 Å². The van der Waals surface area contributed by atoms with E-state index in [2.05, 4.69) is 61.5 Å². The molecule has 2 aliphatic rings. The van der Waals surface area contributed by atoms with E-state index in [0.29, 0.717) is 5.92 Å². The third-order valence-corrected chi connectivity index (χ3v) is 5.64. The third-order valence-electron chi connectivity index (χ3n) is 4.48. The Morgan fingerprint density at radius 2 is 1.59 bits per heavy atom. The van der Waals surface area contributed by atoms with Gasteiger partial charge in [-0.2, -0.15) is 0 Å². The van der Waals surface area contributed by atoms with E-state index >= 15 is 0 Å². The molecular formula is C19H15Cl2Zr. The van der Waals surface area contributed by atoms with Gasteiger partial charge in [0, 0.05) is 0 Å². The fraction of sp³-hybridized carbons (Fsp3) is 0.158. The number of benzene rings is 2. The van der Waals surface area contributed by atoms with Crippen molar-refractivity contribution in [2.45, 2.75) is 19.3 Å². The maximum Gasteiger partial charge on any atom is -1.00 e. The molecule has 2 aliphatic carbocycles. The summed E-state index contributed by atoms with van der Waals surface area (Å²) in [5.74, 6) is 0.502. The molecule has 0 fully saturated rings. The molecule has 0 heterocycles. The minimum atomic E-state index is 0. The van der Waals surface area contributed by atoms with Gasteiger partial charge >= 0.3 is 135 Å². The van der Waals surface area contributed by atoms with Gasteiger partial charge in [0.15, 0.2) is 0 Å². The van der Waals surface area contributed by atoms with Crippen molar-refractivity contribution in [1.82, 2.24) is 0 Å². The fourth-order valence-corrected chi connectivity index (χ4v) is 4.36. The van der Waals surface area contributed by atoms with Crippen molar-refractivity contribution in [3.05, 3.63) is 74.6 Å². The SMILES string of the molecule is CC1c2ccccc2-c2cccc(C3=[C]([Zr+2])CC=C3)c21.[Cl-].[Cl-]. The summed E-state index contributed by atoms with van der Waals surface area (Å²) >= 11 is 1.55. The summed E-state index contributed by atoms with van der Waals surface area (Å²) in [6, 6.07) is 15.6. The Kier molecular flexibility index (Phi) is 5.54. The summed E-state index contributed by atoms with van der Waals surface area (Å²) < 4.78 is 1.58. The third kappa shape index (κ3) is 2.58. The second-order valence-electron chi connectivity index (χ2n) is 5.57. The second-order valence-corrected chi connectivity index (χ2v) is 7.06. The Morgan fingerprint density at radius 3 is 2.32 bits per heavy atom. The average Bonchev–Trinajstić information content (AvgIpc) is 3.03. The van der Waals surface area contributed by atoms with Crippen molar-refractivity contribution in [3.63, 3.8) is 0 Å². The predicted molar refractivity (Wildman–Crippen MR) is 80.1 cm³/mol. The molecular weight excluding hydrogens is 390 g/mol. The molecule has 0 saturated carbocycles. The van der Waals surface area contributed by atoms with Crippen LogP contribution in [0.2, 0.25) is 0 Å². The van der Waals surface area contributed by atoms with Crippen LogP contribution in [0.3, 0.4) is 0 Å². The van der Waals surface area contributed by atoms with Crippen LogP contribution in [0, 0.1) is 0 Å². The Morgan fingerprint density at radius 1 is 0.909 bits per heavy atom. The molecule has 3 heteroatoms. The van der Waals surface area contributed by atoms with E-state index in [1.807, 2.05) is 0 Å². The molecule has 2 aromatic carbocycles. The number of hydrogen-bond acceptors (Lipinski definition) is 0. The van der Waals surface area contributed by atoms with E-state index in [-0.39, 0.29) is 24.8 Å². The van der Waals surface area contributed by atoms with Crippen LogP contribution in [0.5, 0.6) is 0 Å². The summed E-state index contributed by atoms with van der Waals surface area (Å²) in [5, 5.41) is 0. The molecule has 1 unspecified atom stereocenters. The molecule has 0 aromatic heterocycles. The van der Waals surface area contributed by atoms with Gasteiger partial charge < -0.3 is 24.8 Å². The molecule has 0 saturated heterocycles. The van der Waals surface area contributed by atoms with Crippen molar-refractivity contribution in [1.29, 1.82) is 0 Å². The van der Waals surface area contributed by atoms with Crippen LogP contribution >= 0.6 is 0 Å². The molecule has 0 nitrogen and oxygen atoms in total. The van der Waals surface area contributed by atoms with Gasteiger partial charge in [0.1, 0.15) is 0 Å². The normalized spacial score (nSPS) is 17.7. The van der Waals surface area contributed by atoms with Gasteiger partial charge in [-0.3, -0.25) is 0 Å². The van der Waals surface area contributed by atoms with E-state index < -0.39 is 0 Å². The molecule has 2 aromatic rings. The molecule has 22 heavy (non-hydrogen) atoms. The second kappa shape index (κ2) is 6.87. The first-order valence-electron chi connectivity index (χ1n) is 7.11. The van der Waals surface area contributed by atoms with Gasteiger partial charge in [0.2, 0.25) is 0 Å². The minimum absolute atomic E-state index is 0. The summed E-state index contributed by atoms with van der Waals surface area (Å²) in [7, 11) is 0. The number of halogens is 2. The van der Waals surface area contributed by atoms with Gasteiger partial charge in [-0.15, -0.1) is 0 Å². The maximum absolute atomic E-state index is 2.34. The van der Waals surface area contributed by atoms with E-state index in [1.54, 1.807) is 28.0 Å². The average molecular weight is 405 g/mol. The number of allylic oxidation sites excluding steroid dienone is 4. The fourth-order valence-electron chi connectivity index (χ4n) is 3.53. The van der Waals surface area contributed by atoms with Crippen LogP contribution in [0.25, 0.3) is 16.7 Å². The predicted octanol–water partition coefficient (Wildman–Crippen LogP) is -0.955. The molecule has 0 aliphatic heterocycles. The summed E-state index contributed by atoms with van der Waals surface area (Å²) in [6.07, 6.45) is 5.75. The van der Waals surface area contributed by atoms with Crippen molar-refractivity contribution in [3.8, 4) is 11.1 Å². The van der Waals surface area contributed by atoms with E-state index in [0.717, 1.165) is 6.42 Å². The zero-order chi connectivity index (χ0) is 13.7. The molecule has 109 valence electrons. The summed E-state index contributed by atoms with van der Waals surface area (Å²) in [6.45, 7) is 2.34. The molecule has 0 bridgehead atoms. The molecule has 0 amide bonds. The Bertz CT molecular complexity index is 775. The van der Waals surface area contributed by atoms with Crippen molar-refractivity contribution < 1.29 is 49.5 Å². The van der Waals surface area contributed by atoms with Crippen LogP contribution in [-0.4, -0.2) is 0 Å². The van der Waals surface area contributed by atoms with Gasteiger partial charge in [-0.05, 0) is 0 Å². The largest absolute Gasteiger partial charge is 1.00 e. The molecule has 0 spiro atoms. The first kappa shape index (κ1) is 17.7. The number of rotatable bonds is 1. The topological polar surface area (TPSA) is 0 Å². The summed E-state index contributed by atoms with van der Waals surface area (Å²) in [5.41, 5.74) is 8.77. The molecule has 1 atom stereocenters. The minimum Gasteiger partial charge on any atom is -1.00 e. The van der Waals surface area contributed by atoms with Crippen LogP contribution in [-0.2, 0) is 24.7 Å². The quantitative estimate of drug-likeness (QED) is 0.574. The Labute approximate surface area is 159 Å². The van der Waals surface area contributed by atoms with Crippen LogP contribution in [0.4, 0.5) is 0 Å². The first-order valence-corrected chi connectivity index (χ1v) is 8.34. The zero-order valence-electron chi connectivity index (χ0n) is 12.2. The Balaban J connectivity index is 0.000000882. The van der Waals surface area contributed by atoms with Crippen LogP contribution < -0.4 is 24.8 Å². The van der Waals surface area contributed by atoms with Gasteiger partial charge in [-0.1, -0.05) is 0 Å². The van der Waals surface area contributed by atoms with Crippen molar-refractivity contribution in [2.75, 3.05) is 0 Å². The van der Waals surface area contributed by atoms with E-state index in [9.17, 15) is 0 Å². The van der Waals surface area contributed by atoms with Gasteiger partial charge in [-0.25, -0.2) is 0 Å². The smallest absolute Gasteiger partial charge is 1.00 e. The van der Waals surface area contributed by atoms with Crippen molar-refractivity contribution in [2.24, 2.45) is 0 Å². The molecule has 0 N–H and O–H groups in total. The van der Waals surface area contributed by atoms with Gasteiger partial charge in [0.25, 0.3) is 0 Å². The molecule has 0 radical (unpaired) electrons.